The summed E-state index contributed by atoms with van der Waals surface area (Å²) in [4.78, 5) is 0.935. The third-order valence-electron chi connectivity index (χ3n) is 2.71. The number of benzene rings is 1. The van der Waals surface area contributed by atoms with Crippen molar-refractivity contribution in [2.24, 2.45) is 0 Å². The van der Waals surface area contributed by atoms with Crippen molar-refractivity contribution in [3.8, 4) is 5.75 Å². The van der Waals surface area contributed by atoms with E-state index in [0.717, 1.165) is 10.4 Å². The van der Waals surface area contributed by atoms with E-state index in [9.17, 15) is 8.42 Å². The molecule has 0 saturated carbocycles. The molecule has 0 saturated heterocycles. The van der Waals surface area contributed by atoms with E-state index >= 15 is 0 Å². The highest BCUT2D eigenvalue weighted by atomic mass is 35.5. The van der Waals surface area contributed by atoms with E-state index in [2.05, 4.69) is 4.72 Å². The standard InChI is InChI=1S/C13H14ClNO3S2/c1-8-6-11(12(18-3)7-10(8)14)15-20(16,17)13-5-4-9(2)19-13/h4-7,15H,1-3H3. The van der Waals surface area contributed by atoms with Crippen LogP contribution in [0.5, 0.6) is 5.75 Å². The minimum Gasteiger partial charge on any atom is -0.495 e. The smallest absolute Gasteiger partial charge is 0.271 e. The van der Waals surface area contributed by atoms with Crippen LogP contribution in [0.1, 0.15) is 10.4 Å². The maximum atomic E-state index is 12.3. The molecule has 2 aromatic rings. The highest BCUT2D eigenvalue weighted by Gasteiger charge is 2.19. The number of hydrogen-bond acceptors (Lipinski definition) is 4. The lowest BCUT2D eigenvalue weighted by Crippen LogP contribution is -2.12. The molecule has 0 unspecified atom stereocenters. The van der Waals surface area contributed by atoms with Crippen LogP contribution in [0, 0.1) is 13.8 Å². The first kappa shape index (κ1) is 15.2. The second-order valence-corrected chi connectivity index (χ2v) is 7.88. The summed E-state index contributed by atoms with van der Waals surface area (Å²) >= 11 is 7.22. The van der Waals surface area contributed by atoms with Crippen LogP contribution in [0.15, 0.2) is 28.5 Å². The van der Waals surface area contributed by atoms with Crippen molar-refractivity contribution in [2.75, 3.05) is 11.8 Å². The van der Waals surface area contributed by atoms with Crippen molar-refractivity contribution in [3.05, 3.63) is 39.7 Å². The van der Waals surface area contributed by atoms with Crippen LogP contribution in [-0.2, 0) is 10.0 Å². The number of halogens is 1. The molecule has 0 aliphatic rings. The zero-order valence-electron chi connectivity index (χ0n) is 11.2. The number of nitrogens with one attached hydrogen (secondary N) is 1. The maximum absolute atomic E-state index is 12.3. The summed E-state index contributed by atoms with van der Waals surface area (Å²) in [6.45, 7) is 3.66. The summed E-state index contributed by atoms with van der Waals surface area (Å²) in [5, 5.41) is 0.525. The van der Waals surface area contributed by atoms with Gasteiger partial charge in [-0.3, -0.25) is 4.72 Å². The second kappa shape index (κ2) is 5.63. The fourth-order valence-corrected chi connectivity index (χ4v) is 4.16. The van der Waals surface area contributed by atoms with E-state index in [1.54, 1.807) is 31.2 Å². The van der Waals surface area contributed by atoms with Crippen LogP contribution < -0.4 is 9.46 Å². The Labute approximate surface area is 127 Å². The number of hydrogen-bond donors (Lipinski definition) is 1. The third-order valence-corrected chi connectivity index (χ3v) is 5.97. The molecule has 1 aromatic carbocycles. The van der Waals surface area contributed by atoms with Gasteiger partial charge in [-0.15, -0.1) is 11.3 Å². The van der Waals surface area contributed by atoms with E-state index < -0.39 is 10.0 Å². The summed E-state index contributed by atoms with van der Waals surface area (Å²) in [6.07, 6.45) is 0. The van der Waals surface area contributed by atoms with Gasteiger partial charge in [-0.05, 0) is 37.6 Å². The van der Waals surface area contributed by atoms with E-state index in [1.165, 1.54) is 18.4 Å². The largest absolute Gasteiger partial charge is 0.495 e. The second-order valence-electron chi connectivity index (χ2n) is 4.27. The van der Waals surface area contributed by atoms with Crippen LogP contribution in [0.3, 0.4) is 0 Å². The molecule has 0 atom stereocenters. The zero-order valence-corrected chi connectivity index (χ0v) is 13.6. The number of sulfonamides is 1. The van der Waals surface area contributed by atoms with Crippen LogP contribution >= 0.6 is 22.9 Å². The molecule has 0 aliphatic heterocycles. The Morgan fingerprint density at radius 3 is 2.50 bits per heavy atom. The fourth-order valence-electron chi connectivity index (χ4n) is 1.66. The predicted molar refractivity (Wildman–Crippen MR) is 82.6 cm³/mol. The number of methoxy groups -OCH3 is 1. The van der Waals surface area contributed by atoms with Gasteiger partial charge in [0.15, 0.2) is 0 Å². The summed E-state index contributed by atoms with van der Waals surface area (Å²) in [6, 6.07) is 6.59. The van der Waals surface area contributed by atoms with Gasteiger partial charge in [-0.25, -0.2) is 8.42 Å². The minimum atomic E-state index is -3.61. The summed E-state index contributed by atoms with van der Waals surface area (Å²) in [7, 11) is -2.14. The topological polar surface area (TPSA) is 55.4 Å². The third kappa shape index (κ3) is 3.08. The zero-order chi connectivity index (χ0) is 14.9. The Balaban J connectivity index is 2.41. The highest BCUT2D eigenvalue weighted by Crippen LogP contribution is 2.33. The Kier molecular flexibility index (Phi) is 4.27. The predicted octanol–water partition coefficient (Wildman–Crippen LogP) is 3.83. The molecule has 0 aliphatic carbocycles. The summed E-state index contributed by atoms with van der Waals surface area (Å²) < 4.78 is 32.5. The maximum Gasteiger partial charge on any atom is 0.271 e. The summed E-state index contributed by atoms with van der Waals surface area (Å²) in [5.41, 5.74) is 1.15. The average Bonchev–Trinajstić information content (AvgIpc) is 2.81. The number of thiophene rings is 1. The molecule has 7 heteroatoms. The van der Waals surface area contributed by atoms with Gasteiger partial charge in [0.1, 0.15) is 9.96 Å². The Bertz CT molecular complexity index is 738. The first-order chi connectivity index (χ1) is 9.33. The first-order valence-electron chi connectivity index (χ1n) is 5.77. The molecule has 0 spiro atoms. The molecule has 20 heavy (non-hydrogen) atoms. The van der Waals surface area contributed by atoms with Crippen LogP contribution in [0.25, 0.3) is 0 Å². The highest BCUT2D eigenvalue weighted by molar-refractivity contribution is 7.94. The van der Waals surface area contributed by atoms with Gasteiger partial charge in [0.25, 0.3) is 10.0 Å². The molecule has 0 amide bonds. The summed E-state index contributed by atoms with van der Waals surface area (Å²) in [5.74, 6) is 0.387. The van der Waals surface area contributed by atoms with Crippen LogP contribution in [-0.4, -0.2) is 15.5 Å². The van der Waals surface area contributed by atoms with Crippen molar-refractivity contribution in [1.82, 2.24) is 0 Å². The molecule has 0 bridgehead atoms. The van der Waals surface area contributed by atoms with Crippen molar-refractivity contribution < 1.29 is 13.2 Å². The van der Waals surface area contributed by atoms with E-state index in [-0.39, 0.29) is 4.21 Å². The molecule has 1 heterocycles. The Morgan fingerprint density at radius 2 is 1.95 bits per heavy atom. The van der Waals surface area contributed by atoms with Gasteiger partial charge in [-0.1, -0.05) is 11.6 Å². The first-order valence-corrected chi connectivity index (χ1v) is 8.44. The quantitative estimate of drug-likeness (QED) is 0.926. The lowest BCUT2D eigenvalue weighted by atomic mass is 10.2. The minimum absolute atomic E-state index is 0.268. The number of aryl methyl sites for hydroxylation is 2. The van der Waals surface area contributed by atoms with Crippen molar-refractivity contribution in [1.29, 1.82) is 0 Å². The molecule has 1 N–H and O–H groups in total. The molecule has 4 nitrogen and oxygen atoms in total. The van der Waals surface area contributed by atoms with Crippen molar-refractivity contribution in [3.63, 3.8) is 0 Å². The lowest BCUT2D eigenvalue weighted by molar-refractivity contribution is 0.417. The van der Waals surface area contributed by atoms with E-state index in [0.29, 0.717) is 16.5 Å². The number of rotatable bonds is 4. The number of ether oxygens (including phenoxy) is 1. The monoisotopic (exact) mass is 331 g/mol. The van der Waals surface area contributed by atoms with E-state index in [1.807, 2.05) is 6.92 Å². The molecular weight excluding hydrogens is 318 g/mol. The van der Waals surface area contributed by atoms with Crippen LogP contribution in [0.2, 0.25) is 5.02 Å². The van der Waals surface area contributed by atoms with Gasteiger partial charge in [0.05, 0.1) is 12.8 Å². The fraction of sp³-hybridized carbons (Fsp3) is 0.231. The molecular formula is C13H14ClNO3S2. The average molecular weight is 332 g/mol. The lowest BCUT2D eigenvalue weighted by Gasteiger charge is -2.12. The van der Waals surface area contributed by atoms with Gasteiger partial charge >= 0.3 is 0 Å². The van der Waals surface area contributed by atoms with Crippen LogP contribution in [0.4, 0.5) is 5.69 Å². The molecule has 0 fully saturated rings. The number of anilines is 1. The SMILES string of the molecule is COc1cc(Cl)c(C)cc1NS(=O)(=O)c1ccc(C)s1. The Hall–Kier alpha value is -1.24. The normalized spacial score (nSPS) is 11.4. The van der Waals surface area contributed by atoms with Crippen molar-refractivity contribution >= 4 is 38.6 Å². The molecule has 108 valence electrons. The van der Waals surface area contributed by atoms with Gasteiger partial charge < -0.3 is 4.74 Å². The molecule has 0 radical (unpaired) electrons. The van der Waals surface area contributed by atoms with Gasteiger partial charge in [0, 0.05) is 16.0 Å². The van der Waals surface area contributed by atoms with E-state index in [4.69, 9.17) is 16.3 Å². The Morgan fingerprint density at radius 1 is 1.25 bits per heavy atom. The van der Waals surface area contributed by atoms with Crippen molar-refractivity contribution in [2.45, 2.75) is 18.1 Å². The molecule has 2 rings (SSSR count). The van der Waals surface area contributed by atoms with Gasteiger partial charge in [-0.2, -0.15) is 0 Å². The van der Waals surface area contributed by atoms with Gasteiger partial charge in [0.2, 0.25) is 0 Å². The molecule has 1 aromatic heterocycles.